The number of rotatable bonds is 2. The van der Waals surface area contributed by atoms with E-state index in [1.807, 2.05) is 0 Å². The van der Waals surface area contributed by atoms with Gasteiger partial charge < -0.3 is 19.5 Å². The molecule has 10 heteroatoms. The predicted molar refractivity (Wildman–Crippen MR) is 96.7 cm³/mol. The third-order valence-electron chi connectivity index (χ3n) is 5.32. The standard InChI is InChI=1S/C19H19F3N4O3/c1-25-14-4-2-3-5-15(14)29-10-13(18(25)28)24-17(27)16-23-8-12-7-6-11(9-26(12)16)19(20,21)22/h2-5,8,11,13H,6-7,9-10H2,1H3,(H,24,27)/t11?,13-/m0/s1. The molecular formula is C19H19F3N4O3. The van der Waals surface area contributed by atoms with E-state index in [9.17, 15) is 22.8 Å². The monoisotopic (exact) mass is 408 g/mol. The van der Waals surface area contributed by atoms with Crippen molar-refractivity contribution < 1.29 is 27.5 Å². The van der Waals surface area contributed by atoms with Crippen molar-refractivity contribution >= 4 is 17.5 Å². The van der Waals surface area contributed by atoms with Crippen molar-refractivity contribution in [2.45, 2.75) is 31.6 Å². The minimum atomic E-state index is -4.34. The van der Waals surface area contributed by atoms with Crippen molar-refractivity contribution in [2.75, 3.05) is 18.6 Å². The zero-order valence-electron chi connectivity index (χ0n) is 15.6. The van der Waals surface area contributed by atoms with Gasteiger partial charge in [0.2, 0.25) is 0 Å². The molecule has 4 rings (SSSR count). The smallest absolute Gasteiger partial charge is 0.393 e. The summed E-state index contributed by atoms with van der Waals surface area (Å²) in [7, 11) is 1.57. The van der Waals surface area contributed by atoms with Crippen molar-refractivity contribution in [3.63, 3.8) is 0 Å². The van der Waals surface area contributed by atoms with Gasteiger partial charge in [-0.15, -0.1) is 0 Å². The number of aryl methyl sites for hydroxylation is 1. The SMILES string of the molecule is CN1C(=O)[C@@H](NC(=O)c2ncc3n2CC(C(F)(F)F)CC3)COc2ccccc21. The van der Waals surface area contributed by atoms with E-state index in [-0.39, 0.29) is 37.7 Å². The molecule has 1 aromatic heterocycles. The van der Waals surface area contributed by atoms with E-state index >= 15 is 0 Å². The summed E-state index contributed by atoms with van der Waals surface area (Å²) in [5.41, 5.74) is 1.14. The zero-order valence-corrected chi connectivity index (χ0v) is 15.6. The Morgan fingerprint density at radius 2 is 2.07 bits per heavy atom. The summed E-state index contributed by atoms with van der Waals surface area (Å²) in [4.78, 5) is 30.9. The number of aromatic nitrogens is 2. The lowest BCUT2D eigenvalue weighted by Gasteiger charge is -2.27. The molecule has 0 radical (unpaired) electrons. The quantitative estimate of drug-likeness (QED) is 0.826. The van der Waals surface area contributed by atoms with Gasteiger partial charge in [0, 0.05) is 25.5 Å². The van der Waals surface area contributed by atoms with Crippen LogP contribution in [0, 0.1) is 5.92 Å². The fraction of sp³-hybridized carbons (Fsp3) is 0.421. The van der Waals surface area contributed by atoms with Gasteiger partial charge in [-0.3, -0.25) is 9.59 Å². The van der Waals surface area contributed by atoms with E-state index in [4.69, 9.17) is 4.74 Å². The molecule has 1 aromatic carbocycles. The number of anilines is 1. The first-order chi connectivity index (χ1) is 13.8. The van der Waals surface area contributed by atoms with Crippen LogP contribution in [0.15, 0.2) is 30.5 Å². The molecule has 0 saturated heterocycles. The Balaban J connectivity index is 1.53. The lowest BCUT2D eigenvalue weighted by Crippen LogP contribution is -2.50. The van der Waals surface area contributed by atoms with Gasteiger partial charge in [-0.1, -0.05) is 12.1 Å². The van der Waals surface area contributed by atoms with Crippen molar-refractivity contribution in [2.24, 2.45) is 5.92 Å². The van der Waals surface area contributed by atoms with Crippen molar-refractivity contribution in [1.29, 1.82) is 0 Å². The van der Waals surface area contributed by atoms with E-state index in [0.29, 0.717) is 17.1 Å². The number of carbonyl (C=O) groups excluding carboxylic acids is 2. The van der Waals surface area contributed by atoms with Crippen molar-refractivity contribution in [3.8, 4) is 5.75 Å². The van der Waals surface area contributed by atoms with Crippen LogP contribution in [0.2, 0.25) is 0 Å². The molecule has 0 saturated carbocycles. The third-order valence-corrected chi connectivity index (χ3v) is 5.32. The molecule has 0 bridgehead atoms. The number of para-hydroxylation sites is 2. The molecule has 2 aliphatic rings. The average molecular weight is 408 g/mol. The van der Waals surface area contributed by atoms with E-state index in [0.717, 1.165) is 0 Å². The highest BCUT2D eigenvalue weighted by molar-refractivity contribution is 6.02. The number of amides is 2. The van der Waals surface area contributed by atoms with Crippen LogP contribution in [0.5, 0.6) is 5.75 Å². The molecular weight excluding hydrogens is 389 g/mol. The fourth-order valence-corrected chi connectivity index (χ4v) is 3.68. The molecule has 29 heavy (non-hydrogen) atoms. The van der Waals surface area contributed by atoms with Gasteiger partial charge in [-0.25, -0.2) is 4.98 Å². The molecule has 2 amide bonds. The number of likely N-dealkylation sites (N-methyl/N-ethyl adjacent to an activating group) is 1. The second kappa shape index (κ2) is 7.09. The van der Waals surface area contributed by atoms with Crippen LogP contribution >= 0.6 is 0 Å². The number of hydrogen-bond acceptors (Lipinski definition) is 4. The van der Waals surface area contributed by atoms with Gasteiger partial charge in [0.25, 0.3) is 11.8 Å². The molecule has 0 fully saturated rings. The first-order valence-electron chi connectivity index (χ1n) is 9.17. The van der Waals surface area contributed by atoms with E-state index < -0.39 is 24.0 Å². The van der Waals surface area contributed by atoms with E-state index in [1.165, 1.54) is 15.7 Å². The zero-order chi connectivity index (χ0) is 20.8. The molecule has 3 heterocycles. The average Bonchev–Trinajstić information content (AvgIpc) is 3.08. The molecule has 0 spiro atoms. The topological polar surface area (TPSA) is 76.5 Å². The Bertz CT molecular complexity index is 956. The fourth-order valence-electron chi connectivity index (χ4n) is 3.68. The number of benzene rings is 1. The normalized spacial score (nSPS) is 21.7. The number of halogens is 3. The van der Waals surface area contributed by atoms with Crippen molar-refractivity contribution in [1.82, 2.24) is 14.9 Å². The Hall–Kier alpha value is -3.04. The number of alkyl halides is 3. The minimum Gasteiger partial charge on any atom is -0.489 e. The molecule has 2 aliphatic heterocycles. The number of carbonyl (C=O) groups is 2. The Morgan fingerprint density at radius 3 is 2.83 bits per heavy atom. The lowest BCUT2D eigenvalue weighted by molar-refractivity contribution is -0.182. The Labute approximate surface area is 164 Å². The highest BCUT2D eigenvalue weighted by Crippen LogP contribution is 2.35. The minimum absolute atomic E-state index is 0.0335. The maximum absolute atomic E-state index is 13.1. The predicted octanol–water partition coefficient (Wildman–Crippen LogP) is 2.16. The molecule has 1 N–H and O–H groups in total. The number of fused-ring (bicyclic) bond motifs is 2. The van der Waals surface area contributed by atoms with Gasteiger partial charge >= 0.3 is 6.18 Å². The first kappa shape index (κ1) is 19.3. The van der Waals surface area contributed by atoms with Gasteiger partial charge in [0.1, 0.15) is 18.4 Å². The Kier molecular flexibility index (Phi) is 4.71. The summed E-state index contributed by atoms with van der Waals surface area (Å²) in [5, 5.41) is 2.56. The molecule has 0 aliphatic carbocycles. The number of nitrogens with zero attached hydrogens (tertiary/aromatic N) is 3. The van der Waals surface area contributed by atoms with Crippen LogP contribution in [0.1, 0.15) is 22.7 Å². The second-order valence-electron chi connectivity index (χ2n) is 7.16. The lowest BCUT2D eigenvalue weighted by atomic mass is 9.97. The van der Waals surface area contributed by atoms with Crippen LogP contribution in [0.4, 0.5) is 18.9 Å². The molecule has 7 nitrogen and oxygen atoms in total. The van der Waals surface area contributed by atoms with E-state index in [2.05, 4.69) is 10.3 Å². The van der Waals surface area contributed by atoms with Gasteiger partial charge in [0.15, 0.2) is 5.82 Å². The Morgan fingerprint density at radius 1 is 1.31 bits per heavy atom. The van der Waals surface area contributed by atoms with Gasteiger partial charge in [-0.05, 0) is 25.0 Å². The molecule has 154 valence electrons. The number of nitrogens with one attached hydrogen (secondary N) is 1. The maximum Gasteiger partial charge on any atom is 0.393 e. The number of imidazole rings is 1. The highest BCUT2D eigenvalue weighted by Gasteiger charge is 2.42. The van der Waals surface area contributed by atoms with Crippen molar-refractivity contribution in [3.05, 3.63) is 42.0 Å². The van der Waals surface area contributed by atoms with Gasteiger partial charge in [0.05, 0.1) is 11.6 Å². The second-order valence-corrected chi connectivity index (χ2v) is 7.16. The summed E-state index contributed by atoms with van der Waals surface area (Å²) in [6, 6.07) is 5.98. The largest absolute Gasteiger partial charge is 0.489 e. The number of hydrogen-bond donors (Lipinski definition) is 1. The summed E-state index contributed by atoms with van der Waals surface area (Å²) in [6.07, 6.45) is -2.77. The highest BCUT2D eigenvalue weighted by atomic mass is 19.4. The van der Waals surface area contributed by atoms with Crippen LogP contribution in [0.25, 0.3) is 0 Å². The van der Waals surface area contributed by atoms with Crippen LogP contribution in [0.3, 0.4) is 0 Å². The summed E-state index contributed by atoms with van der Waals surface area (Å²) in [5.74, 6) is -2.25. The molecule has 1 unspecified atom stereocenters. The molecule has 2 aromatic rings. The number of ether oxygens (including phenoxy) is 1. The maximum atomic E-state index is 13.1. The summed E-state index contributed by atoms with van der Waals surface area (Å²) < 4.78 is 46.3. The van der Waals surface area contributed by atoms with Crippen LogP contribution in [-0.4, -0.2) is 47.2 Å². The van der Waals surface area contributed by atoms with Crippen LogP contribution in [-0.2, 0) is 17.8 Å². The van der Waals surface area contributed by atoms with Gasteiger partial charge in [-0.2, -0.15) is 13.2 Å². The molecule has 2 atom stereocenters. The third kappa shape index (κ3) is 3.54. The summed E-state index contributed by atoms with van der Waals surface area (Å²) >= 11 is 0. The first-order valence-corrected chi connectivity index (χ1v) is 9.17. The van der Waals surface area contributed by atoms with E-state index in [1.54, 1.807) is 31.3 Å². The van der Waals surface area contributed by atoms with Crippen LogP contribution < -0.4 is 15.0 Å². The summed E-state index contributed by atoms with van der Waals surface area (Å²) in [6.45, 7) is -0.452.